The van der Waals surface area contributed by atoms with E-state index in [1.54, 1.807) is 0 Å². The van der Waals surface area contributed by atoms with Crippen molar-refractivity contribution in [3.8, 4) is 0 Å². The molecule has 1 aliphatic rings. The van der Waals surface area contributed by atoms with Gasteiger partial charge in [0.15, 0.2) is 0 Å². The summed E-state index contributed by atoms with van der Waals surface area (Å²) in [6.45, 7) is 4.32. The van der Waals surface area contributed by atoms with Gasteiger partial charge in [-0.25, -0.2) is 0 Å². The van der Waals surface area contributed by atoms with Crippen molar-refractivity contribution in [3.05, 3.63) is 32.7 Å². The predicted octanol–water partition coefficient (Wildman–Crippen LogP) is 2.96. The van der Waals surface area contributed by atoms with E-state index < -0.39 is 0 Å². The van der Waals surface area contributed by atoms with Gasteiger partial charge in [0.1, 0.15) is 0 Å². The van der Waals surface area contributed by atoms with E-state index >= 15 is 0 Å². The molecule has 6 heteroatoms. The van der Waals surface area contributed by atoms with E-state index in [-0.39, 0.29) is 25.1 Å². The van der Waals surface area contributed by atoms with Crippen molar-refractivity contribution >= 4 is 44.3 Å². The summed E-state index contributed by atoms with van der Waals surface area (Å²) >= 11 is 7.15. The van der Waals surface area contributed by atoms with Gasteiger partial charge in [-0.2, -0.15) is 0 Å². The fourth-order valence-corrected chi connectivity index (χ4v) is 3.31. The van der Waals surface area contributed by atoms with Crippen LogP contribution in [0.3, 0.4) is 0 Å². The number of piperazine rings is 1. The third kappa shape index (κ3) is 4.69. The minimum absolute atomic E-state index is 0. The zero-order valence-corrected chi connectivity index (χ0v) is 14.6. The molecule has 0 aromatic heterocycles. The van der Waals surface area contributed by atoms with Crippen molar-refractivity contribution in [2.75, 3.05) is 32.8 Å². The summed E-state index contributed by atoms with van der Waals surface area (Å²) in [6.07, 6.45) is 0.773. The Morgan fingerprint density at radius 3 is 2.58 bits per heavy atom. The molecule has 1 saturated heterocycles. The average molecular weight is 415 g/mol. The number of aliphatic hydroxyl groups is 1. The highest BCUT2D eigenvalue weighted by Gasteiger charge is 2.23. The highest BCUT2D eigenvalue weighted by Crippen LogP contribution is 2.32. The van der Waals surface area contributed by atoms with E-state index in [4.69, 9.17) is 0 Å². The van der Waals surface area contributed by atoms with Crippen LogP contribution in [0.25, 0.3) is 0 Å². The summed E-state index contributed by atoms with van der Waals surface area (Å²) in [7, 11) is 0. The number of nitrogens with zero attached hydrogens (tertiary/aromatic N) is 1. The molecule has 0 amide bonds. The normalized spacial score (nSPS) is 17.8. The minimum Gasteiger partial charge on any atom is -0.396 e. The third-order valence-electron chi connectivity index (χ3n) is 3.31. The molecular formula is C13H19Br2ClN2O. The van der Waals surface area contributed by atoms with E-state index in [1.165, 1.54) is 5.56 Å². The first kappa shape index (κ1) is 17.4. The Labute approximate surface area is 137 Å². The first-order valence-corrected chi connectivity index (χ1v) is 7.81. The maximum Gasteiger partial charge on any atom is 0.0449 e. The van der Waals surface area contributed by atoms with Crippen LogP contribution in [0.1, 0.15) is 18.0 Å². The lowest BCUT2D eigenvalue weighted by atomic mass is 10.0. The largest absolute Gasteiger partial charge is 0.396 e. The van der Waals surface area contributed by atoms with E-state index in [1.807, 2.05) is 6.07 Å². The molecule has 0 unspecified atom stereocenters. The van der Waals surface area contributed by atoms with Crippen LogP contribution in [0.4, 0.5) is 0 Å². The molecule has 1 heterocycles. The van der Waals surface area contributed by atoms with Gasteiger partial charge in [-0.05, 0) is 30.2 Å². The molecule has 2 rings (SSSR count). The van der Waals surface area contributed by atoms with Gasteiger partial charge in [0, 0.05) is 47.8 Å². The number of aliphatic hydroxyl groups excluding tert-OH is 1. The average Bonchev–Trinajstić information content (AvgIpc) is 2.40. The molecule has 1 aromatic rings. The summed E-state index contributed by atoms with van der Waals surface area (Å²) in [5.41, 5.74) is 1.25. The van der Waals surface area contributed by atoms with Gasteiger partial charge in [0.2, 0.25) is 0 Å². The Morgan fingerprint density at radius 2 is 1.95 bits per heavy atom. The quantitative estimate of drug-likeness (QED) is 0.795. The molecule has 1 atom stereocenters. The highest BCUT2D eigenvalue weighted by atomic mass is 79.9. The fourth-order valence-electron chi connectivity index (χ4n) is 2.42. The van der Waals surface area contributed by atoms with Gasteiger partial charge in [-0.3, -0.25) is 4.90 Å². The molecule has 2 N–H and O–H groups in total. The van der Waals surface area contributed by atoms with Crippen LogP contribution in [0.5, 0.6) is 0 Å². The Balaban J connectivity index is 0.00000180. The summed E-state index contributed by atoms with van der Waals surface area (Å²) in [5.74, 6) is 0. The second-order valence-corrected chi connectivity index (χ2v) is 6.25. The van der Waals surface area contributed by atoms with Crippen molar-refractivity contribution < 1.29 is 5.11 Å². The van der Waals surface area contributed by atoms with Gasteiger partial charge in [-0.1, -0.05) is 31.9 Å². The molecule has 19 heavy (non-hydrogen) atoms. The lowest BCUT2D eigenvalue weighted by Crippen LogP contribution is -2.45. The zero-order chi connectivity index (χ0) is 13.0. The van der Waals surface area contributed by atoms with Gasteiger partial charge in [0.05, 0.1) is 0 Å². The maximum absolute atomic E-state index is 9.32. The van der Waals surface area contributed by atoms with Crippen LogP contribution in [-0.2, 0) is 0 Å². The molecule has 0 radical (unpaired) electrons. The van der Waals surface area contributed by atoms with Crippen LogP contribution >= 0.6 is 44.3 Å². The van der Waals surface area contributed by atoms with Crippen molar-refractivity contribution in [3.63, 3.8) is 0 Å². The lowest BCUT2D eigenvalue weighted by molar-refractivity contribution is 0.140. The Bertz CT molecular complexity index is 400. The van der Waals surface area contributed by atoms with E-state index in [2.05, 4.69) is 54.2 Å². The topological polar surface area (TPSA) is 35.5 Å². The predicted molar refractivity (Wildman–Crippen MR) is 88.0 cm³/mol. The summed E-state index contributed by atoms with van der Waals surface area (Å²) in [6, 6.07) is 6.52. The second kappa shape index (κ2) is 8.60. The number of hydrogen-bond donors (Lipinski definition) is 2. The molecule has 0 aliphatic carbocycles. The number of hydrogen-bond acceptors (Lipinski definition) is 3. The maximum atomic E-state index is 9.32. The first-order chi connectivity index (χ1) is 8.72. The molecule has 0 bridgehead atoms. The Kier molecular flexibility index (Phi) is 7.87. The van der Waals surface area contributed by atoms with Crippen molar-refractivity contribution in [1.82, 2.24) is 10.2 Å². The number of benzene rings is 1. The number of nitrogens with one attached hydrogen (secondary N) is 1. The van der Waals surface area contributed by atoms with Crippen LogP contribution in [0, 0.1) is 0 Å². The number of halogens is 3. The molecule has 0 saturated carbocycles. The summed E-state index contributed by atoms with van der Waals surface area (Å²) < 4.78 is 2.20. The van der Waals surface area contributed by atoms with Crippen LogP contribution in [0.15, 0.2) is 27.1 Å². The monoisotopic (exact) mass is 412 g/mol. The SMILES string of the molecule is Cl.OCC[C@@H](c1cc(Br)ccc1Br)N1CCNCC1. The highest BCUT2D eigenvalue weighted by molar-refractivity contribution is 9.11. The molecule has 0 spiro atoms. The van der Waals surface area contributed by atoms with E-state index in [0.717, 1.165) is 41.5 Å². The molecule has 3 nitrogen and oxygen atoms in total. The standard InChI is InChI=1S/C13H18Br2N2O.ClH/c14-10-1-2-12(15)11(9-10)13(3-8-18)17-6-4-16-5-7-17;/h1-2,9,13,16,18H,3-8H2;1H/t13-;/m0./s1. The molecule has 1 aromatic carbocycles. The van der Waals surface area contributed by atoms with Gasteiger partial charge in [0.25, 0.3) is 0 Å². The second-order valence-electron chi connectivity index (χ2n) is 4.48. The van der Waals surface area contributed by atoms with E-state index in [0.29, 0.717) is 0 Å². The fraction of sp³-hybridized carbons (Fsp3) is 0.538. The van der Waals surface area contributed by atoms with Gasteiger partial charge >= 0.3 is 0 Å². The molecule has 108 valence electrons. The zero-order valence-electron chi connectivity index (χ0n) is 10.6. The summed E-state index contributed by atoms with van der Waals surface area (Å²) in [5, 5.41) is 12.7. The number of rotatable bonds is 4. The van der Waals surface area contributed by atoms with Crippen molar-refractivity contribution in [2.24, 2.45) is 0 Å². The molecule has 1 aliphatic heterocycles. The van der Waals surface area contributed by atoms with Crippen LogP contribution in [0.2, 0.25) is 0 Å². The Morgan fingerprint density at radius 1 is 1.26 bits per heavy atom. The molecule has 1 fully saturated rings. The smallest absolute Gasteiger partial charge is 0.0449 e. The third-order valence-corrected chi connectivity index (χ3v) is 4.53. The minimum atomic E-state index is 0. The molecular weight excluding hydrogens is 395 g/mol. The van der Waals surface area contributed by atoms with Crippen LogP contribution in [-0.4, -0.2) is 42.8 Å². The lowest BCUT2D eigenvalue weighted by Gasteiger charge is -2.35. The summed E-state index contributed by atoms with van der Waals surface area (Å²) in [4.78, 5) is 2.44. The van der Waals surface area contributed by atoms with E-state index in [9.17, 15) is 5.11 Å². The first-order valence-electron chi connectivity index (χ1n) is 6.23. The Hall–Kier alpha value is 0.350. The van der Waals surface area contributed by atoms with Crippen molar-refractivity contribution in [2.45, 2.75) is 12.5 Å². The van der Waals surface area contributed by atoms with Crippen LogP contribution < -0.4 is 5.32 Å². The van der Waals surface area contributed by atoms with Crippen molar-refractivity contribution in [1.29, 1.82) is 0 Å². The van der Waals surface area contributed by atoms with Gasteiger partial charge in [-0.15, -0.1) is 12.4 Å². The van der Waals surface area contributed by atoms with Gasteiger partial charge < -0.3 is 10.4 Å².